The molecular formula is C66H133NO24. The summed E-state index contributed by atoms with van der Waals surface area (Å²) in [6, 6.07) is 0. The molecule has 546 valence electrons. The molecule has 91 heavy (non-hydrogen) atoms. The second-order valence-electron chi connectivity index (χ2n) is 20.4. The van der Waals surface area contributed by atoms with Crippen LogP contribution in [0.2, 0.25) is 0 Å². The van der Waals surface area contributed by atoms with Crippen LogP contribution in [0.1, 0.15) is 96.8 Å². The topological polar surface area (TPSA) is 248 Å². The van der Waals surface area contributed by atoms with E-state index in [4.69, 9.17) is 119 Å². The summed E-state index contributed by atoms with van der Waals surface area (Å²) >= 11 is 0. The van der Waals surface area contributed by atoms with Gasteiger partial charge in [0.05, 0.1) is 311 Å². The van der Waals surface area contributed by atoms with E-state index in [0.717, 1.165) is 13.0 Å². The van der Waals surface area contributed by atoms with E-state index < -0.39 is 0 Å². The normalized spacial score (nSPS) is 11.9. The molecule has 0 heterocycles. The fraction of sp³-hybridized carbons (Fsp3) is 0.970. The fourth-order valence-corrected chi connectivity index (χ4v) is 7.70. The highest BCUT2D eigenvalue weighted by atomic mass is 16.6. The molecule has 0 amide bonds. The summed E-state index contributed by atoms with van der Waals surface area (Å²) in [5, 5.41) is 0. The van der Waals surface area contributed by atoms with Gasteiger partial charge >= 0.3 is 0 Å². The van der Waals surface area contributed by atoms with Gasteiger partial charge in [0.1, 0.15) is 0 Å². The minimum atomic E-state index is 0.487. The van der Waals surface area contributed by atoms with Crippen LogP contribution >= 0.6 is 0 Å². The largest absolute Gasteiger partial charge is 0.379 e. The van der Waals surface area contributed by atoms with E-state index in [1.54, 1.807) is 0 Å². The summed E-state index contributed by atoms with van der Waals surface area (Å²) in [5.41, 5.74) is 5.35. The van der Waals surface area contributed by atoms with Gasteiger partial charge in [-0.25, -0.2) is 0 Å². The predicted molar refractivity (Wildman–Crippen MR) is 348 cm³/mol. The minimum Gasteiger partial charge on any atom is -0.379 e. The highest BCUT2D eigenvalue weighted by Crippen LogP contribution is 2.11. The van der Waals surface area contributed by atoms with Crippen LogP contribution in [0, 0.1) is 0 Å². The van der Waals surface area contributed by atoms with Crippen molar-refractivity contribution in [1.82, 2.24) is 0 Å². The third-order valence-corrected chi connectivity index (χ3v) is 12.6. The first-order chi connectivity index (χ1) is 45.4. The molecule has 0 aliphatic heterocycles. The molecule has 0 aliphatic rings. The Bertz CT molecular complexity index is 1280. The smallest absolute Gasteiger partial charge is 0.0701 e. The molecule has 0 spiro atoms. The maximum Gasteiger partial charge on any atom is 0.0701 e. The lowest BCUT2D eigenvalue weighted by Crippen LogP contribution is -2.16. The number of nitrogens with two attached hydrogens (primary N) is 1. The van der Waals surface area contributed by atoms with E-state index in [1.165, 1.54) is 83.5 Å². The molecule has 0 radical (unpaired) electrons. The van der Waals surface area contributed by atoms with Crippen LogP contribution in [0.3, 0.4) is 0 Å². The van der Waals surface area contributed by atoms with E-state index in [0.29, 0.717) is 317 Å². The average molecular weight is 1320 g/mol. The fourth-order valence-electron chi connectivity index (χ4n) is 7.70. The first-order valence-corrected chi connectivity index (χ1v) is 34.6. The van der Waals surface area contributed by atoms with Crippen LogP contribution in [0.25, 0.3) is 0 Å². The van der Waals surface area contributed by atoms with Gasteiger partial charge in [0.15, 0.2) is 0 Å². The van der Waals surface area contributed by atoms with Crippen molar-refractivity contribution < 1.29 is 114 Å². The Balaban J connectivity index is 3.10. The number of unbranched alkanes of at least 4 members (excludes halogenated alkanes) is 12. The van der Waals surface area contributed by atoms with Crippen LogP contribution in [-0.4, -0.2) is 324 Å². The van der Waals surface area contributed by atoms with Crippen molar-refractivity contribution >= 4 is 0 Å². The zero-order valence-electron chi connectivity index (χ0n) is 57.1. The Labute approximate surface area is 550 Å². The number of hydrogen-bond acceptors (Lipinski definition) is 25. The summed E-state index contributed by atoms with van der Waals surface area (Å²) < 4.78 is 132. The van der Waals surface area contributed by atoms with Crippen LogP contribution < -0.4 is 5.73 Å². The van der Waals surface area contributed by atoms with Gasteiger partial charge in [-0.05, 0) is 32.1 Å². The summed E-state index contributed by atoms with van der Waals surface area (Å²) in [7, 11) is 0. The second kappa shape index (κ2) is 88.7. The molecule has 0 saturated heterocycles. The standard InChI is InChI=1S/C66H133NO24/c1-2-3-4-5-6-7-8-9-10-11-12-13-14-15-16-17-19-68-21-23-70-25-27-72-29-31-74-33-35-76-37-39-78-41-43-80-45-47-82-49-51-84-53-55-86-57-59-88-61-63-90-65-66-91-64-62-89-60-58-87-56-54-85-52-50-83-48-46-81-44-42-79-40-38-77-36-34-75-32-30-73-28-26-71-24-22-69-20-18-67/h12-13H,2-11,14-67H2,1H3/b13-12+. The van der Waals surface area contributed by atoms with Crippen molar-refractivity contribution in [3.8, 4) is 0 Å². The van der Waals surface area contributed by atoms with Crippen molar-refractivity contribution in [3.05, 3.63) is 12.2 Å². The van der Waals surface area contributed by atoms with Gasteiger partial charge in [0, 0.05) is 13.2 Å². The molecule has 2 N–H and O–H groups in total. The molecule has 25 heteroatoms. The van der Waals surface area contributed by atoms with Gasteiger partial charge in [0.2, 0.25) is 0 Å². The second-order valence-corrected chi connectivity index (χ2v) is 20.4. The maximum absolute atomic E-state index is 5.70. The van der Waals surface area contributed by atoms with Gasteiger partial charge in [0.25, 0.3) is 0 Å². The zero-order valence-corrected chi connectivity index (χ0v) is 57.1. The van der Waals surface area contributed by atoms with Gasteiger partial charge in [-0.15, -0.1) is 0 Å². The Hall–Kier alpha value is -1.26. The Morgan fingerprint density at radius 1 is 0.154 bits per heavy atom. The summed E-state index contributed by atoms with van der Waals surface area (Å²) in [6.45, 7) is 27.5. The van der Waals surface area contributed by atoms with Crippen molar-refractivity contribution in [3.63, 3.8) is 0 Å². The minimum absolute atomic E-state index is 0.487. The van der Waals surface area contributed by atoms with Crippen LogP contribution in [0.5, 0.6) is 0 Å². The van der Waals surface area contributed by atoms with Gasteiger partial charge in [-0.2, -0.15) is 0 Å². The van der Waals surface area contributed by atoms with Gasteiger partial charge < -0.3 is 119 Å². The third kappa shape index (κ3) is 88.7. The first-order valence-electron chi connectivity index (χ1n) is 34.6. The van der Waals surface area contributed by atoms with E-state index >= 15 is 0 Å². The Morgan fingerprint density at radius 3 is 0.451 bits per heavy atom. The van der Waals surface area contributed by atoms with E-state index in [9.17, 15) is 0 Å². The lowest BCUT2D eigenvalue weighted by atomic mass is 10.1. The highest BCUT2D eigenvalue weighted by molar-refractivity contribution is 4.81. The van der Waals surface area contributed by atoms with E-state index in [2.05, 4.69) is 19.1 Å². The molecule has 0 fully saturated rings. The molecule has 0 unspecified atom stereocenters. The SMILES string of the molecule is CCCCCCCCCCC/C=C/CCCCCOCCOCCOCCOCCOCCOCCOCCOCCOCCOCCOCCOCCOCCOCCOCCOCCOCCOCCOCCOCCOCCOCCOCCOCCN. The molecule has 0 aromatic carbocycles. The molecule has 0 aromatic heterocycles. The predicted octanol–water partition coefficient (Wildman–Crippen LogP) is 6.38. The zero-order chi connectivity index (χ0) is 64.9. The molecular weight excluding hydrogens is 1190 g/mol. The number of rotatable bonds is 87. The molecule has 0 aromatic rings. The molecule has 0 aliphatic carbocycles. The van der Waals surface area contributed by atoms with E-state index in [1.807, 2.05) is 0 Å². The number of hydrogen-bond donors (Lipinski definition) is 1. The molecule has 0 atom stereocenters. The highest BCUT2D eigenvalue weighted by Gasteiger charge is 2.01. The van der Waals surface area contributed by atoms with Crippen molar-refractivity contribution in [1.29, 1.82) is 0 Å². The lowest BCUT2D eigenvalue weighted by molar-refractivity contribution is -0.0320. The monoisotopic (exact) mass is 1320 g/mol. The first kappa shape index (κ1) is 89.7. The average Bonchev–Trinajstić information content (AvgIpc) is 3.56. The summed E-state index contributed by atoms with van der Waals surface area (Å²) in [5.74, 6) is 0. The van der Waals surface area contributed by atoms with Gasteiger partial charge in [-0.1, -0.05) is 76.9 Å². The number of allylic oxidation sites excluding steroid dienone is 2. The Morgan fingerprint density at radius 2 is 0.286 bits per heavy atom. The molecule has 0 saturated carbocycles. The quantitative estimate of drug-likeness (QED) is 0.0512. The molecule has 25 nitrogen and oxygen atoms in total. The van der Waals surface area contributed by atoms with Crippen LogP contribution in [0.4, 0.5) is 0 Å². The van der Waals surface area contributed by atoms with E-state index in [-0.39, 0.29) is 0 Å². The summed E-state index contributed by atoms with van der Waals surface area (Å²) in [6.07, 6.45) is 23.3. The van der Waals surface area contributed by atoms with Crippen LogP contribution in [0.15, 0.2) is 12.2 Å². The third-order valence-electron chi connectivity index (χ3n) is 12.6. The van der Waals surface area contributed by atoms with Crippen LogP contribution in [-0.2, 0) is 114 Å². The lowest BCUT2D eigenvalue weighted by Gasteiger charge is -2.09. The Kier molecular flexibility index (Phi) is 87.5. The molecule has 0 rings (SSSR count). The molecule has 0 bridgehead atoms. The van der Waals surface area contributed by atoms with Gasteiger partial charge in [-0.3, -0.25) is 0 Å². The van der Waals surface area contributed by atoms with Crippen molar-refractivity contribution in [2.45, 2.75) is 96.8 Å². The number of ether oxygens (including phenoxy) is 24. The van der Waals surface area contributed by atoms with Crippen molar-refractivity contribution in [2.24, 2.45) is 5.73 Å². The van der Waals surface area contributed by atoms with Crippen molar-refractivity contribution in [2.75, 3.05) is 324 Å². The summed E-state index contributed by atoms with van der Waals surface area (Å²) in [4.78, 5) is 0. The maximum atomic E-state index is 5.70.